The zero-order chi connectivity index (χ0) is 17.7. The minimum absolute atomic E-state index is 0.0118. The summed E-state index contributed by atoms with van der Waals surface area (Å²) in [5.74, 6) is 0. The number of anilines is 1. The molecule has 0 radical (unpaired) electrons. The van der Waals surface area contributed by atoms with E-state index in [2.05, 4.69) is 20.6 Å². The average Bonchev–Trinajstić information content (AvgIpc) is 2.48. The van der Waals surface area contributed by atoms with Crippen LogP contribution in [0.25, 0.3) is 0 Å². The molecule has 8 heteroatoms. The zero-order valence-corrected chi connectivity index (χ0v) is 14.8. The maximum Gasteiger partial charge on any atom is 0.315 e. The van der Waals surface area contributed by atoms with Crippen LogP contribution < -0.4 is 21.1 Å². The molecule has 0 aliphatic carbocycles. The van der Waals surface area contributed by atoms with Crippen molar-refractivity contribution in [2.45, 2.75) is 38.8 Å². The second kappa shape index (κ2) is 7.65. The number of hydrogen-bond donors (Lipinski definition) is 2. The molecule has 2 amide bonds. The molecule has 0 aromatic carbocycles. The summed E-state index contributed by atoms with van der Waals surface area (Å²) in [5, 5.41) is 9.75. The number of rotatable bonds is 4. The van der Waals surface area contributed by atoms with E-state index < -0.39 is 0 Å². The first-order chi connectivity index (χ1) is 11.2. The van der Waals surface area contributed by atoms with Gasteiger partial charge in [-0.1, -0.05) is 0 Å². The topological polar surface area (TPSA) is 88.5 Å². The molecule has 1 aliphatic rings. The fourth-order valence-electron chi connectivity index (χ4n) is 2.49. The molecule has 0 spiro atoms. The van der Waals surface area contributed by atoms with Crippen molar-refractivity contribution in [1.29, 1.82) is 0 Å². The van der Waals surface area contributed by atoms with Crippen molar-refractivity contribution in [3.63, 3.8) is 0 Å². The number of carbonyl (C=O) groups excluding carboxylic acids is 1. The number of aryl methyl sites for hydroxylation is 1. The van der Waals surface area contributed by atoms with Crippen LogP contribution in [0.5, 0.6) is 0 Å². The quantitative estimate of drug-likeness (QED) is 0.834. The molecule has 0 unspecified atom stereocenters. The van der Waals surface area contributed by atoms with Crippen LogP contribution in [0.3, 0.4) is 0 Å². The highest BCUT2D eigenvalue weighted by atomic mass is 16.5. The van der Waals surface area contributed by atoms with Gasteiger partial charge >= 0.3 is 6.03 Å². The van der Waals surface area contributed by atoms with E-state index in [-0.39, 0.29) is 23.2 Å². The molecule has 134 valence electrons. The molecule has 1 atom stereocenters. The van der Waals surface area contributed by atoms with Crippen LogP contribution in [-0.2, 0) is 11.8 Å². The first kappa shape index (κ1) is 18.3. The predicted molar refractivity (Wildman–Crippen MR) is 92.3 cm³/mol. The van der Waals surface area contributed by atoms with Crippen LogP contribution in [0.2, 0.25) is 0 Å². The Morgan fingerprint density at radius 2 is 2.21 bits per heavy atom. The molecule has 1 aromatic rings. The first-order valence-corrected chi connectivity index (χ1v) is 8.20. The third kappa shape index (κ3) is 5.52. The normalized spacial score (nSPS) is 18.3. The minimum Gasteiger partial charge on any atom is -0.374 e. The molecular weight excluding hydrogens is 310 g/mol. The number of urea groups is 1. The number of carbonyl (C=O) groups is 1. The number of amides is 2. The van der Waals surface area contributed by atoms with Crippen molar-refractivity contribution in [2.24, 2.45) is 7.05 Å². The van der Waals surface area contributed by atoms with Gasteiger partial charge in [0.25, 0.3) is 5.56 Å². The summed E-state index contributed by atoms with van der Waals surface area (Å²) in [5.41, 5.74) is 0.426. The summed E-state index contributed by atoms with van der Waals surface area (Å²) in [6.07, 6.45) is 2.42. The van der Waals surface area contributed by atoms with Crippen LogP contribution in [0, 0.1) is 0 Å². The van der Waals surface area contributed by atoms with Gasteiger partial charge in [0.15, 0.2) is 0 Å². The highest BCUT2D eigenvalue weighted by Gasteiger charge is 2.21. The van der Waals surface area contributed by atoms with Crippen LogP contribution in [0.15, 0.2) is 17.1 Å². The lowest BCUT2D eigenvalue weighted by Crippen LogP contribution is -2.48. The molecule has 8 nitrogen and oxygen atoms in total. The van der Waals surface area contributed by atoms with Crippen molar-refractivity contribution < 1.29 is 9.53 Å². The Morgan fingerprint density at radius 3 is 2.88 bits per heavy atom. The molecule has 2 rings (SSSR count). The number of nitrogens with zero attached hydrogens (tertiary/aromatic N) is 3. The molecule has 24 heavy (non-hydrogen) atoms. The molecule has 2 heterocycles. The van der Waals surface area contributed by atoms with E-state index in [1.807, 2.05) is 20.8 Å². The molecule has 1 aromatic heterocycles. The number of aromatic nitrogens is 2. The van der Waals surface area contributed by atoms with Crippen molar-refractivity contribution in [3.05, 3.63) is 22.6 Å². The summed E-state index contributed by atoms with van der Waals surface area (Å²) < 4.78 is 7.05. The van der Waals surface area contributed by atoms with Crippen LogP contribution in [0.4, 0.5) is 10.5 Å². The van der Waals surface area contributed by atoms with E-state index in [1.54, 1.807) is 19.3 Å². The number of ether oxygens (including phenoxy) is 1. The third-order valence-electron chi connectivity index (χ3n) is 3.70. The highest BCUT2D eigenvalue weighted by molar-refractivity contribution is 5.74. The molecule has 2 N–H and O–H groups in total. The van der Waals surface area contributed by atoms with Crippen molar-refractivity contribution in [2.75, 3.05) is 31.1 Å². The third-order valence-corrected chi connectivity index (χ3v) is 3.70. The molecule has 1 saturated heterocycles. The maximum atomic E-state index is 11.7. The van der Waals surface area contributed by atoms with Gasteiger partial charge in [-0.25, -0.2) is 9.48 Å². The summed E-state index contributed by atoms with van der Waals surface area (Å²) >= 11 is 0. The molecule has 1 aliphatic heterocycles. The summed E-state index contributed by atoms with van der Waals surface area (Å²) in [7, 11) is 1.63. The van der Waals surface area contributed by atoms with E-state index in [9.17, 15) is 9.59 Å². The van der Waals surface area contributed by atoms with Crippen molar-refractivity contribution in [1.82, 2.24) is 20.4 Å². The lowest BCUT2D eigenvalue weighted by Gasteiger charge is -2.34. The van der Waals surface area contributed by atoms with Gasteiger partial charge in [0.1, 0.15) is 0 Å². The second-order valence-corrected chi connectivity index (χ2v) is 7.03. The Hall–Kier alpha value is -2.09. The fourth-order valence-corrected chi connectivity index (χ4v) is 2.49. The monoisotopic (exact) mass is 337 g/mol. The smallest absolute Gasteiger partial charge is 0.315 e. The second-order valence-electron chi connectivity index (χ2n) is 7.03. The number of nitrogens with one attached hydrogen (secondary N) is 2. The summed E-state index contributed by atoms with van der Waals surface area (Å²) in [4.78, 5) is 25.5. The summed E-state index contributed by atoms with van der Waals surface area (Å²) in [6.45, 7) is 8.34. The molecule has 1 fully saturated rings. The Morgan fingerprint density at radius 1 is 1.46 bits per heavy atom. The van der Waals surface area contributed by atoms with E-state index in [4.69, 9.17) is 4.74 Å². The Labute approximate surface area is 142 Å². The Kier molecular flexibility index (Phi) is 5.82. The van der Waals surface area contributed by atoms with Gasteiger partial charge in [-0.05, 0) is 27.2 Å². The predicted octanol–water partition coefficient (Wildman–Crippen LogP) is 0.473. The standard InChI is InChI=1S/C16H27N5O3/c1-16(2,3)19-15(23)17-6-5-13-11-21(7-8-24-13)12-9-14(22)20(4)18-10-12/h9-10,13H,5-8,11H2,1-4H3,(H2,17,19,23)/t13-/m0/s1. The Bertz CT molecular complexity index is 623. The van der Waals surface area contributed by atoms with E-state index in [0.29, 0.717) is 26.1 Å². The van der Waals surface area contributed by atoms with Crippen LogP contribution in [-0.4, -0.2) is 53.7 Å². The van der Waals surface area contributed by atoms with Crippen molar-refractivity contribution >= 4 is 11.7 Å². The van der Waals surface area contributed by atoms with E-state index in [0.717, 1.165) is 12.2 Å². The van der Waals surface area contributed by atoms with Gasteiger partial charge in [-0.15, -0.1) is 0 Å². The summed E-state index contributed by atoms with van der Waals surface area (Å²) in [6, 6.07) is 1.41. The molecular formula is C16H27N5O3. The molecule has 0 saturated carbocycles. The van der Waals surface area contributed by atoms with Crippen LogP contribution >= 0.6 is 0 Å². The van der Waals surface area contributed by atoms with E-state index >= 15 is 0 Å². The fraction of sp³-hybridized carbons (Fsp3) is 0.688. The SMILES string of the molecule is Cn1ncc(N2CCO[C@@H](CCNC(=O)NC(C)(C)C)C2)cc1=O. The first-order valence-electron chi connectivity index (χ1n) is 8.20. The maximum absolute atomic E-state index is 11.7. The van der Waals surface area contributed by atoms with Gasteiger partial charge in [0.2, 0.25) is 0 Å². The lowest BCUT2D eigenvalue weighted by atomic mass is 10.1. The van der Waals surface area contributed by atoms with Crippen LogP contribution in [0.1, 0.15) is 27.2 Å². The van der Waals surface area contributed by atoms with Crippen molar-refractivity contribution in [3.8, 4) is 0 Å². The van der Waals surface area contributed by atoms with Gasteiger partial charge < -0.3 is 20.3 Å². The largest absolute Gasteiger partial charge is 0.374 e. The lowest BCUT2D eigenvalue weighted by molar-refractivity contribution is 0.0358. The minimum atomic E-state index is -0.255. The van der Waals surface area contributed by atoms with Gasteiger partial charge in [0.05, 0.1) is 24.6 Å². The van der Waals surface area contributed by atoms with E-state index in [1.165, 1.54) is 4.68 Å². The number of hydrogen-bond acceptors (Lipinski definition) is 5. The molecule has 0 bridgehead atoms. The average molecular weight is 337 g/mol. The van der Waals surface area contributed by atoms with Gasteiger partial charge in [0, 0.05) is 38.3 Å². The highest BCUT2D eigenvalue weighted by Crippen LogP contribution is 2.16. The Balaban J connectivity index is 1.82. The number of morpholine rings is 1. The zero-order valence-electron chi connectivity index (χ0n) is 14.8. The van der Waals surface area contributed by atoms with Gasteiger partial charge in [-0.2, -0.15) is 5.10 Å². The van der Waals surface area contributed by atoms with Gasteiger partial charge in [-0.3, -0.25) is 4.79 Å².